The summed E-state index contributed by atoms with van der Waals surface area (Å²) in [6, 6.07) is 5.93. The molecule has 0 unspecified atom stereocenters. The number of benzene rings is 1. The van der Waals surface area contributed by atoms with Crippen LogP contribution in [0.25, 0.3) is 0 Å². The van der Waals surface area contributed by atoms with Gasteiger partial charge in [-0.25, -0.2) is 13.1 Å². The molecule has 0 aromatic heterocycles. The highest BCUT2D eigenvalue weighted by molar-refractivity contribution is 7.89. The molecule has 0 atom stereocenters. The Balaban J connectivity index is 2.05. The van der Waals surface area contributed by atoms with E-state index in [0.717, 1.165) is 23.2 Å². The number of sulfonamides is 1. The van der Waals surface area contributed by atoms with Crippen LogP contribution in [-0.4, -0.2) is 33.7 Å². The number of nitrogens with zero attached hydrogens (tertiary/aromatic N) is 1. The minimum absolute atomic E-state index is 0.0879. The van der Waals surface area contributed by atoms with Gasteiger partial charge in [0.05, 0.1) is 11.2 Å². The van der Waals surface area contributed by atoms with Crippen molar-refractivity contribution in [2.75, 3.05) is 24.2 Å². The zero-order valence-electron chi connectivity index (χ0n) is 14.3. The second-order valence-electron chi connectivity index (χ2n) is 6.66. The molecule has 0 aliphatic carbocycles. The molecule has 0 fully saturated rings. The number of hydrogen-bond donors (Lipinski definition) is 1. The molecular formula is C17H26N2O3S. The van der Waals surface area contributed by atoms with E-state index >= 15 is 0 Å². The van der Waals surface area contributed by atoms with E-state index in [4.69, 9.17) is 0 Å². The van der Waals surface area contributed by atoms with E-state index < -0.39 is 15.4 Å². The molecule has 0 bridgehead atoms. The maximum atomic E-state index is 12.3. The molecule has 1 heterocycles. The average molecular weight is 338 g/mol. The monoisotopic (exact) mass is 338 g/mol. The predicted molar refractivity (Wildman–Crippen MR) is 93.3 cm³/mol. The lowest BCUT2D eigenvalue weighted by atomic mass is 9.85. The number of likely N-dealkylation sites (N-methyl/N-ethyl adjacent to an activating group) is 1. The molecule has 0 radical (unpaired) electrons. The largest absolute Gasteiger partial charge is 0.314 e. The molecule has 1 aliphatic rings. The summed E-state index contributed by atoms with van der Waals surface area (Å²) in [7, 11) is -1.39. The highest BCUT2D eigenvalue weighted by Gasteiger charge is 2.42. The standard InChI is InChI=1S/C17H26N2O3S/c1-5-6-11-23(21,22)18-10-9-13-7-8-15-14(12-13)17(2,3)16(20)19(15)4/h7-8,12,18H,5-6,9-11H2,1-4H3. The van der Waals surface area contributed by atoms with Gasteiger partial charge in [0.2, 0.25) is 15.9 Å². The summed E-state index contributed by atoms with van der Waals surface area (Å²) in [4.78, 5) is 14.0. The third kappa shape index (κ3) is 3.75. The summed E-state index contributed by atoms with van der Waals surface area (Å²) < 4.78 is 26.2. The zero-order chi connectivity index (χ0) is 17.3. The van der Waals surface area contributed by atoms with Gasteiger partial charge in [-0.2, -0.15) is 0 Å². The van der Waals surface area contributed by atoms with Crippen molar-refractivity contribution in [2.45, 2.75) is 45.4 Å². The van der Waals surface area contributed by atoms with Crippen molar-refractivity contribution in [1.82, 2.24) is 4.72 Å². The first-order valence-electron chi connectivity index (χ1n) is 8.08. The molecule has 1 aliphatic heterocycles. The Morgan fingerprint density at radius 1 is 1.26 bits per heavy atom. The van der Waals surface area contributed by atoms with E-state index in [1.54, 1.807) is 11.9 Å². The molecule has 2 rings (SSSR count). The second kappa shape index (κ2) is 6.61. The summed E-state index contributed by atoms with van der Waals surface area (Å²) in [5.41, 5.74) is 2.46. The topological polar surface area (TPSA) is 66.5 Å². The number of amides is 1. The Labute approximate surface area is 139 Å². The van der Waals surface area contributed by atoms with Crippen LogP contribution in [0.2, 0.25) is 0 Å². The third-order valence-corrected chi connectivity index (χ3v) is 5.91. The predicted octanol–water partition coefficient (Wildman–Crippen LogP) is 2.20. The first-order valence-corrected chi connectivity index (χ1v) is 9.73. The molecule has 1 N–H and O–H groups in total. The lowest BCUT2D eigenvalue weighted by Gasteiger charge is -2.16. The van der Waals surface area contributed by atoms with Crippen molar-refractivity contribution in [2.24, 2.45) is 0 Å². The number of hydrogen-bond acceptors (Lipinski definition) is 3. The number of anilines is 1. The van der Waals surface area contributed by atoms with Crippen molar-refractivity contribution in [3.63, 3.8) is 0 Å². The zero-order valence-corrected chi connectivity index (χ0v) is 15.2. The molecule has 23 heavy (non-hydrogen) atoms. The summed E-state index contributed by atoms with van der Waals surface area (Å²) in [5, 5.41) is 0. The van der Waals surface area contributed by atoms with Crippen LogP contribution in [0.5, 0.6) is 0 Å². The maximum Gasteiger partial charge on any atom is 0.236 e. The first-order chi connectivity index (χ1) is 10.7. The van der Waals surface area contributed by atoms with Gasteiger partial charge in [-0.1, -0.05) is 25.5 Å². The average Bonchev–Trinajstić information content (AvgIpc) is 2.66. The lowest BCUT2D eigenvalue weighted by Crippen LogP contribution is -2.33. The molecule has 0 spiro atoms. The van der Waals surface area contributed by atoms with Crippen LogP contribution in [0.15, 0.2) is 18.2 Å². The number of carbonyl (C=O) groups excluding carboxylic acids is 1. The highest BCUT2D eigenvalue weighted by Crippen LogP contribution is 2.41. The molecule has 0 saturated heterocycles. The van der Waals surface area contributed by atoms with Crippen molar-refractivity contribution in [1.29, 1.82) is 0 Å². The lowest BCUT2D eigenvalue weighted by molar-refractivity contribution is -0.121. The molecule has 1 aromatic rings. The Bertz CT molecular complexity index is 696. The van der Waals surface area contributed by atoms with E-state index in [1.807, 2.05) is 39.0 Å². The minimum atomic E-state index is -3.18. The van der Waals surface area contributed by atoms with Gasteiger partial charge in [-0.15, -0.1) is 0 Å². The van der Waals surface area contributed by atoms with Crippen LogP contribution in [0.4, 0.5) is 5.69 Å². The van der Waals surface area contributed by atoms with Gasteiger partial charge in [0.25, 0.3) is 0 Å². The SMILES string of the molecule is CCCCS(=O)(=O)NCCc1ccc2c(c1)C(C)(C)C(=O)N2C. The van der Waals surface area contributed by atoms with Gasteiger partial charge < -0.3 is 4.90 Å². The van der Waals surface area contributed by atoms with Gasteiger partial charge in [-0.05, 0) is 43.9 Å². The van der Waals surface area contributed by atoms with Crippen LogP contribution in [0.1, 0.15) is 44.7 Å². The quantitative estimate of drug-likeness (QED) is 0.829. The maximum absolute atomic E-state index is 12.3. The van der Waals surface area contributed by atoms with Gasteiger partial charge in [0, 0.05) is 19.3 Å². The smallest absolute Gasteiger partial charge is 0.236 e. The van der Waals surface area contributed by atoms with Crippen molar-refractivity contribution in [3.8, 4) is 0 Å². The van der Waals surface area contributed by atoms with Gasteiger partial charge >= 0.3 is 0 Å². The molecule has 1 aromatic carbocycles. The van der Waals surface area contributed by atoms with Crippen LogP contribution in [0, 0.1) is 0 Å². The molecule has 5 nitrogen and oxygen atoms in total. The second-order valence-corrected chi connectivity index (χ2v) is 8.58. The van der Waals surface area contributed by atoms with Gasteiger partial charge in [0.1, 0.15) is 0 Å². The Kier molecular flexibility index (Phi) is 5.16. The molecule has 128 valence electrons. The van der Waals surface area contributed by atoms with Crippen molar-refractivity contribution in [3.05, 3.63) is 29.3 Å². The molecule has 0 saturated carbocycles. The van der Waals surface area contributed by atoms with Gasteiger partial charge in [0.15, 0.2) is 0 Å². The number of nitrogens with one attached hydrogen (secondary N) is 1. The number of carbonyl (C=O) groups is 1. The fraction of sp³-hybridized carbons (Fsp3) is 0.588. The Hall–Kier alpha value is -1.40. The fourth-order valence-corrected chi connectivity index (χ4v) is 4.16. The van der Waals surface area contributed by atoms with Crippen LogP contribution < -0.4 is 9.62 Å². The Morgan fingerprint density at radius 3 is 2.61 bits per heavy atom. The third-order valence-electron chi connectivity index (χ3n) is 4.44. The number of unbranched alkanes of at least 4 members (excludes halogenated alkanes) is 1. The van der Waals surface area contributed by atoms with E-state index in [-0.39, 0.29) is 11.7 Å². The van der Waals surface area contributed by atoms with E-state index in [1.165, 1.54) is 0 Å². The van der Waals surface area contributed by atoms with Crippen LogP contribution in [-0.2, 0) is 26.7 Å². The first kappa shape index (κ1) is 17.9. The number of rotatable bonds is 7. The van der Waals surface area contributed by atoms with Crippen molar-refractivity contribution >= 4 is 21.6 Å². The minimum Gasteiger partial charge on any atom is -0.314 e. The summed E-state index contributed by atoms with van der Waals surface area (Å²) in [5.74, 6) is 0.268. The Morgan fingerprint density at radius 2 is 1.96 bits per heavy atom. The van der Waals surface area contributed by atoms with E-state index in [0.29, 0.717) is 19.4 Å². The van der Waals surface area contributed by atoms with Crippen molar-refractivity contribution < 1.29 is 13.2 Å². The molecule has 1 amide bonds. The molecular weight excluding hydrogens is 312 g/mol. The summed E-state index contributed by atoms with van der Waals surface area (Å²) in [6.07, 6.45) is 2.16. The normalized spacial score (nSPS) is 16.7. The highest BCUT2D eigenvalue weighted by atomic mass is 32.2. The van der Waals surface area contributed by atoms with Gasteiger partial charge in [-0.3, -0.25) is 4.79 Å². The fourth-order valence-electron chi connectivity index (χ4n) is 2.93. The van der Waals surface area contributed by atoms with Crippen LogP contribution in [0.3, 0.4) is 0 Å². The van der Waals surface area contributed by atoms with Crippen LogP contribution >= 0.6 is 0 Å². The molecule has 6 heteroatoms. The number of fused-ring (bicyclic) bond motifs is 1. The van der Waals surface area contributed by atoms with E-state index in [2.05, 4.69) is 4.72 Å². The summed E-state index contributed by atoms with van der Waals surface area (Å²) >= 11 is 0. The summed E-state index contributed by atoms with van der Waals surface area (Å²) in [6.45, 7) is 6.21. The van der Waals surface area contributed by atoms with E-state index in [9.17, 15) is 13.2 Å².